The lowest BCUT2D eigenvalue weighted by Gasteiger charge is -2.24. The van der Waals surface area contributed by atoms with E-state index in [0.717, 1.165) is 46.1 Å². The first kappa shape index (κ1) is 22.6. The van der Waals surface area contributed by atoms with E-state index in [9.17, 15) is 4.79 Å². The predicted octanol–water partition coefficient (Wildman–Crippen LogP) is 5.32. The number of aromatic nitrogens is 1. The Balaban J connectivity index is 2.01. The number of ether oxygens (including phenoxy) is 1. The summed E-state index contributed by atoms with van der Waals surface area (Å²) in [6.45, 7) is 9.64. The number of hydrogen-bond acceptors (Lipinski definition) is 6. The minimum atomic E-state index is -0.0227. The largest absolute Gasteiger partial charge is 0.494 e. The molecule has 0 aliphatic rings. The Kier molecular flexibility index (Phi) is 7.75. The number of carbonyl (C=O) groups is 1. The van der Waals surface area contributed by atoms with Crippen molar-refractivity contribution in [3.05, 3.63) is 47.5 Å². The van der Waals surface area contributed by atoms with Crippen molar-refractivity contribution in [2.75, 3.05) is 44.4 Å². The molecule has 30 heavy (non-hydrogen) atoms. The highest BCUT2D eigenvalue weighted by molar-refractivity contribution is 7.98. The van der Waals surface area contributed by atoms with Crippen LogP contribution in [0.4, 0.5) is 5.13 Å². The highest BCUT2D eigenvalue weighted by Crippen LogP contribution is 2.36. The molecule has 5 nitrogen and oxygen atoms in total. The van der Waals surface area contributed by atoms with Crippen LogP contribution in [0.25, 0.3) is 10.2 Å². The molecule has 0 aliphatic heterocycles. The number of nitrogens with zero attached hydrogens (tertiary/aromatic N) is 3. The van der Waals surface area contributed by atoms with Gasteiger partial charge in [-0.15, -0.1) is 11.8 Å². The van der Waals surface area contributed by atoms with Crippen molar-refractivity contribution in [3.63, 3.8) is 0 Å². The van der Waals surface area contributed by atoms with Crippen LogP contribution in [0.15, 0.2) is 41.3 Å². The summed E-state index contributed by atoms with van der Waals surface area (Å²) in [5, 5.41) is 0.712. The number of fused-ring (bicyclic) bond motifs is 1. The van der Waals surface area contributed by atoms with E-state index in [-0.39, 0.29) is 5.91 Å². The van der Waals surface area contributed by atoms with Crippen molar-refractivity contribution in [2.45, 2.75) is 25.7 Å². The zero-order valence-corrected chi connectivity index (χ0v) is 19.9. The number of benzene rings is 2. The average Bonchev–Trinajstić information content (AvgIpc) is 3.23. The molecule has 0 radical (unpaired) electrons. The van der Waals surface area contributed by atoms with Gasteiger partial charge in [0.2, 0.25) is 0 Å². The molecular formula is C23H29N3O2S2. The van der Waals surface area contributed by atoms with Gasteiger partial charge in [0.1, 0.15) is 11.3 Å². The molecule has 1 heterocycles. The van der Waals surface area contributed by atoms with E-state index < -0.39 is 0 Å². The maximum Gasteiger partial charge on any atom is 0.260 e. The molecule has 7 heteroatoms. The van der Waals surface area contributed by atoms with Gasteiger partial charge in [0, 0.05) is 23.5 Å². The Labute approximate surface area is 187 Å². The Morgan fingerprint density at radius 3 is 2.40 bits per heavy atom. The standard InChI is InChI=1S/C23H29N3O2S2/c1-6-25(7-2)14-15-26(22(27)17-9-11-18(29-5)12-10-17)23-24-20-19(28-4)13-8-16(3)21(20)30-23/h8-13H,6-7,14-15H2,1-5H3. The van der Waals surface area contributed by atoms with Gasteiger partial charge in [-0.2, -0.15) is 0 Å². The third kappa shape index (κ3) is 4.79. The van der Waals surface area contributed by atoms with Gasteiger partial charge < -0.3 is 9.64 Å². The number of anilines is 1. The third-order valence-electron chi connectivity index (χ3n) is 5.26. The fraction of sp³-hybridized carbons (Fsp3) is 0.391. The summed E-state index contributed by atoms with van der Waals surface area (Å²) in [6.07, 6.45) is 2.03. The Morgan fingerprint density at radius 2 is 1.80 bits per heavy atom. The number of amides is 1. The van der Waals surface area contributed by atoms with Gasteiger partial charge in [0.15, 0.2) is 5.13 Å². The topological polar surface area (TPSA) is 45.7 Å². The quantitative estimate of drug-likeness (QED) is 0.419. The van der Waals surface area contributed by atoms with Gasteiger partial charge >= 0.3 is 0 Å². The number of thiazole rings is 1. The van der Waals surface area contributed by atoms with Gasteiger partial charge in [0.25, 0.3) is 5.91 Å². The normalized spacial score (nSPS) is 11.3. The molecular weight excluding hydrogens is 414 g/mol. The summed E-state index contributed by atoms with van der Waals surface area (Å²) in [4.78, 5) is 23.6. The lowest BCUT2D eigenvalue weighted by Crippen LogP contribution is -2.38. The van der Waals surface area contributed by atoms with Crippen LogP contribution in [-0.2, 0) is 0 Å². The molecule has 0 saturated heterocycles. The van der Waals surface area contributed by atoms with Crippen LogP contribution in [-0.4, -0.2) is 55.3 Å². The predicted molar refractivity (Wildman–Crippen MR) is 129 cm³/mol. The fourth-order valence-corrected chi connectivity index (χ4v) is 4.82. The van der Waals surface area contributed by atoms with Crippen LogP contribution in [0.5, 0.6) is 5.75 Å². The van der Waals surface area contributed by atoms with Crippen molar-refractivity contribution in [1.82, 2.24) is 9.88 Å². The van der Waals surface area contributed by atoms with Crippen molar-refractivity contribution < 1.29 is 9.53 Å². The lowest BCUT2D eigenvalue weighted by atomic mass is 10.2. The number of thioether (sulfide) groups is 1. The van der Waals surface area contributed by atoms with E-state index in [0.29, 0.717) is 17.2 Å². The van der Waals surface area contributed by atoms with Crippen LogP contribution in [0, 0.1) is 6.92 Å². The van der Waals surface area contributed by atoms with Gasteiger partial charge in [-0.05, 0) is 62.2 Å². The molecule has 0 aliphatic carbocycles. The van der Waals surface area contributed by atoms with Crippen molar-refractivity contribution in [2.24, 2.45) is 0 Å². The molecule has 160 valence electrons. The second kappa shape index (κ2) is 10.3. The molecule has 0 N–H and O–H groups in total. The Bertz CT molecular complexity index is 998. The van der Waals surface area contributed by atoms with Crippen LogP contribution in [0.3, 0.4) is 0 Å². The summed E-state index contributed by atoms with van der Waals surface area (Å²) in [6, 6.07) is 11.8. The van der Waals surface area contributed by atoms with E-state index in [1.54, 1.807) is 30.2 Å². The maximum atomic E-state index is 13.5. The number of hydrogen-bond donors (Lipinski definition) is 0. The molecule has 0 unspecified atom stereocenters. The zero-order chi connectivity index (χ0) is 21.7. The van der Waals surface area contributed by atoms with E-state index in [4.69, 9.17) is 9.72 Å². The lowest BCUT2D eigenvalue weighted by molar-refractivity contribution is 0.0983. The van der Waals surface area contributed by atoms with E-state index >= 15 is 0 Å². The van der Waals surface area contributed by atoms with Gasteiger partial charge in [0.05, 0.1) is 11.8 Å². The first-order chi connectivity index (χ1) is 14.5. The molecule has 0 saturated carbocycles. The van der Waals surface area contributed by atoms with Crippen LogP contribution in [0.2, 0.25) is 0 Å². The molecule has 2 aromatic carbocycles. The van der Waals surface area contributed by atoms with Gasteiger partial charge in [-0.1, -0.05) is 31.3 Å². The molecule has 0 bridgehead atoms. The smallest absolute Gasteiger partial charge is 0.260 e. The Morgan fingerprint density at radius 1 is 1.10 bits per heavy atom. The van der Waals surface area contributed by atoms with E-state index in [1.807, 2.05) is 47.6 Å². The zero-order valence-electron chi connectivity index (χ0n) is 18.3. The molecule has 1 aromatic heterocycles. The number of aryl methyl sites for hydroxylation is 1. The average molecular weight is 444 g/mol. The second-order valence-corrected chi connectivity index (χ2v) is 8.83. The first-order valence-corrected chi connectivity index (χ1v) is 12.2. The first-order valence-electron chi connectivity index (χ1n) is 10.1. The van der Waals surface area contributed by atoms with Crippen LogP contribution >= 0.6 is 23.1 Å². The molecule has 3 aromatic rings. The maximum absolute atomic E-state index is 13.5. The monoisotopic (exact) mass is 443 g/mol. The van der Waals surface area contributed by atoms with Crippen molar-refractivity contribution in [1.29, 1.82) is 0 Å². The summed E-state index contributed by atoms with van der Waals surface area (Å²) in [5.74, 6) is 0.712. The highest BCUT2D eigenvalue weighted by Gasteiger charge is 2.23. The highest BCUT2D eigenvalue weighted by atomic mass is 32.2. The molecule has 3 rings (SSSR count). The van der Waals surface area contributed by atoms with Gasteiger partial charge in [-0.3, -0.25) is 9.69 Å². The minimum absolute atomic E-state index is 0.0227. The minimum Gasteiger partial charge on any atom is -0.494 e. The van der Waals surface area contributed by atoms with E-state index in [1.165, 1.54) is 0 Å². The number of likely N-dealkylation sites (N-methyl/N-ethyl adjacent to an activating group) is 1. The molecule has 1 amide bonds. The summed E-state index contributed by atoms with van der Waals surface area (Å²) in [5.41, 5.74) is 2.63. The fourth-order valence-electron chi connectivity index (χ4n) is 3.33. The Hall–Kier alpha value is -2.09. The summed E-state index contributed by atoms with van der Waals surface area (Å²) >= 11 is 3.22. The molecule has 0 fully saturated rings. The number of rotatable bonds is 9. The third-order valence-corrected chi connectivity index (χ3v) is 7.22. The molecule has 0 atom stereocenters. The van der Waals surface area contributed by atoms with Crippen molar-refractivity contribution >= 4 is 44.4 Å². The number of methoxy groups -OCH3 is 1. The van der Waals surface area contributed by atoms with Crippen LogP contribution in [0.1, 0.15) is 29.8 Å². The summed E-state index contributed by atoms with van der Waals surface area (Å²) in [7, 11) is 1.65. The summed E-state index contributed by atoms with van der Waals surface area (Å²) < 4.78 is 6.57. The van der Waals surface area contributed by atoms with Crippen LogP contribution < -0.4 is 9.64 Å². The SMILES string of the molecule is CCN(CC)CCN(C(=O)c1ccc(SC)cc1)c1nc2c(OC)ccc(C)c2s1. The number of carbonyl (C=O) groups excluding carboxylic acids is 1. The van der Waals surface area contributed by atoms with Crippen molar-refractivity contribution in [3.8, 4) is 5.75 Å². The van der Waals surface area contributed by atoms with Gasteiger partial charge in [-0.25, -0.2) is 4.98 Å². The van der Waals surface area contributed by atoms with E-state index in [2.05, 4.69) is 25.7 Å². The molecule has 0 spiro atoms. The second-order valence-electron chi connectivity index (χ2n) is 6.97.